The van der Waals surface area contributed by atoms with E-state index in [4.69, 9.17) is 11.5 Å². The van der Waals surface area contributed by atoms with E-state index in [0.29, 0.717) is 0 Å². The Labute approximate surface area is 263 Å². The van der Waals surface area contributed by atoms with Gasteiger partial charge >= 0.3 is 0 Å². The third kappa shape index (κ3) is 27.7. The molecule has 2 atom stereocenters. The van der Waals surface area contributed by atoms with Gasteiger partial charge in [0.15, 0.2) is 0 Å². The summed E-state index contributed by atoms with van der Waals surface area (Å²) < 4.78 is 0. The fraction of sp³-hybridized carbons (Fsp3) is 0.795. The Bertz CT molecular complexity index is 653. The van der Waals surface area contributed by atoms with Crippen LogP contribution in [0.25, 0.3) is 0 Å². The van der Waals surface area contributed by atoms with Crippen LogP contribution in [0.4, 0.5) is 0 Å². The molecule has 0 spiro atoms. The number of nitrogens with two attached hydrogens (primary N) is 2. The lowest BCUT2D eigenvalue weighted by Crippen LogP contribution is -2.58. The summed E-state index contributed by atoms with van der Waals surface area (Å²) in [6.45, 7) is 4.52. The standard InChI is InChI=1S/C39H74N2O/c1-3-5-7-9-11-13-15-17-19-20-21-22-24-26-28-30-32-34-36-39(41,37-42)38(40)35-33-31-29-27-25-23-18-16-14-12-10-8-6-4-2/h11,13,17,19,21-22,26,28,38,42H,3-10,12,14-16,18,20,23-25,27,29-37,40-41H2,1-2H3. The zero-order valence-corrected chi connectivity index (χ0v) is 28.4. The average Bonchev–Trinajstić information content (AvgIpc) is 3.00. The Balaban J connectivity index is 3.72. The van der Waals surface area contributed by atoms with Crippen molar-refractivity contribution in [1.29, 1.82) is 0 Å². The Hall–Kier alpha value is -1.16. The molecule has 0 aliphatic rings. The summed E-state index contributed by atoms with van der Waals surface area (Å²) in [6.07, 6.45) is 50.3. The molecule has 5 N–H and O–H groups in total. The molecule has 0 aromatic rings. The Morgan fingerprint density at radius 3 is 1.29 bits per heavy atom. The van der Waals surface area contributed by atoms with Crippen molar-refractivity contribution < 1.29 is 5.11 Å². The molecule has 0 aliphatic carbocycles. The van der Waals surface area contributed by atoms with E-state index in [1.807, 2.05) is 0 Å². The minimum atomic E-state index is -0.638. The predicted molar refractivity (Wildman–Crippen MR) is 190 cm³/mol. The number of unbranched alkanes of at least 4 members (excludes halogenated alkanes) is 18. The molecule has 0 saturated carbocycles. The molecular weight excluding hydrogens is 512 g/mol. The zero-order chi connectivity index (χ0) is 30.8. The Morgan fingerprint density at radius 1 is 0.500 bits per heavy atom. The number of allylic oxidation sites excluding steroid dienone is 8. The molecular formula is C39H74N2O. The fourth-order valence-electron chi connectivity index (χ4n) is 5.51. The molecule has 246 valence electrons. The van der Waals surface area contributed by atoms with Crippen LogP contribution in [0.2, 0.25) is 0 Å². The van der Waals surface area contributed by atoms with Crippen molar-refractivity contribution in [3.63, 3.8) is 0 Å². The quantitative estimate of drug-likeness (QED) is 0.0542. The second kappa shape index (κ2) is 32.7. The fourth-order valence-corrected chi connectivity index (χ4v) is 5.51. The first-order chi connectivity index (χ1) is 20.6. The third-order valence-electron chi connectivity index (χ3n) is 8.62. The van der Waals surface area contributed by atoms with E-state index in [2.05, 4.69) is 62.5 Å². The summed E-state index contributed by atoms with van der Waals surface area (Å²) in [5.74, 6) is 0. The van der Waals surface area contributed by atoms with Crippen LogP contribution in [0.15, 0.2) is 48.6 Å². The van der Waals surface area contributed by atoms with Gasteiger partial charge in [-0.15, -0.1) is 0 Å². The molecule has 0 aromatic carbocycles. The second-order valence-corrected chi connectivity index (χ2v) is 12.7. The highest BCUT2D eigenvalue weighted by Gasteiger charge is 2.30. The van der Waals surface area contributed by atoms with Crippen LogP contribution in [0.3, 0.4) is 0 Å². The number of rotatable bonds is 32. The van der Waals surface area contributed by atoms with E-state index in [-0.39, 0.29) is 12.6 Å². The zero-order valence-electron chi connectivity index (χ0n) is 28.4. The van der Waals surface area contributed by atoms with E-state index >= 15 is 0 Å². The SMILES string of the molecule is CCCCCC=CCC=CCC=CCC=CCCCCC(N)(CO)C(N)CCCCCCCCCCCCCCCC. The van der Waals surface area contributed by atoms with Gasteiger partial charge in [-0.25, -0.2) is 0 Å². The predicted octanol–water partition coefficient (Wildman–Crippen LogP) is 11.4. The number of hydrogen-bond acceptors (Lipinski definition) is 3. The molecule has 0 aliphatic heterocycles. The van der Waals surface area contributed by atoms with Crippen LogP contribution < -0.4 is 11.5 Å². The van der Waals surface area contributed by atoms with Crippen molar-refractivity contribution >= 4 is 0 Å². The largest absolute Gasteiger partial charge is 0.394 e. The lowest BCUT2D eigenvalue weighted by molar-refractivity contribution is 0.154. The van der Waals surface area contributed by atoms with Gasteiger partial charge < -0.3 is 16.6 Å². The summed E-state index contributed by atoms with van der Waals surface area (Å²) in [7, 11) is 0. The van der Waals surface area contributed by atoms with Gasteiger partial charge in [-0.2, -0.15) is 0 Å². The van der Waals surface area contributed by atoms with Crippen LogP contribution in [0.5, 0.6) is 0 Å². The van der Waals surface area contributed by atoms with Gasteiger partial charge in [-0.3, -0.25) is 0 Å². The highest BCUT2D eigenvalue weighted by atomic mass is 16.3. The lowest BCUT2D eigenvalue weighted by atomic mass is 9.84. The van der Waals surface area contributed by atoms with Crippen LogP contribution >= 0.6 is 0 Å². The monoisotopic (exact) mass is 587 g/mol. The average molecular weight is 587 g/mol. The van der Waals surface area contributed by atoms with Gasteiger partial charge in [0.25, 0.3) is 0 Å². The molecule has 0 radical (unpaired) electrons. The molecule has 42 heavy (non-hydrogen) atoms. The van der Waals surface area contributed by atoms with Crippen molar-refractivity contribution in [2.45, 2.75) is 192 Å². The molecule has 0 fully saturated rings. The van der Waals surface area contributed by atoms with E-state index in [0.717, 1.165) is 57.8 Å². The van der Waals surface area contributed by atoms with Crippen LogP contribution in [-0.4, -0.2) is 23.3 Å². The number of hydrogen-bond donors (Lipinski definition) is 3. The topological polar surface area (TPSA) is 72.3 Å². The molecule has 0 aromatic heterocycles. The summed E-state index contributed by atoms with van der Waals surface area (Å²) in [4.78, 5) is 0. The van der Waals surface area contributed by atoms with Crippen LogP contribution in [-0.2, 0) is 0 Å². The number of aliphatic hydroxyl groups is 1. The summed E-state index contributed by atoms with van der Waals surface area (Å²) in [6, 6.07) is -0.114. The van der Waals surface area contributed by atoms with E-state index in [1.165, 1.54) is 109 Å². The first kappa shape index (κ1) is 40.8. The van der Waals surface area contributed by atoms with Crippen LogP contribution in [0, 0.1) is 0 Å². The molecule has 2 unspecified atom stereocenters. The van der Waals surface area contributed by atoms with Crippen molar-refractivity contribution in [3.8, 4) is 0 Å². The van der Waals surface area contributed by atoms with Crippen molar-refractivity contribution in [2.75, 3.05) is 6.61 Å². The summed E-state index contributed by atoms with van der Waals surface area (Å²) in [5, 5.41) is 9.98. The van der Waals surface area contributed by atoms with Gasteiger partial charge in [0.2, 0.25) is 0 Å². The van der Waals surface area contributed by atoms with Gasteiger partial charge in [0, 0.05) is 6.04 Å². The van der Waals surface area contributed by atoms with Gasteiger partial charge in [0.05, 0.1) is 12.1 Å². The minimum Gasteiger partial charge on any atom is -0.394 e. The number of aliphatic hydroxyl groups excluding tert-OH is 1. The molecule has 0 saturated heterocycles. The maximum atomic E-state index is 9.98. The van der Waals surface area contributed by atoms with Crippen molar-refractivity contribution in [2.24, 2.45) is 11.5 Å². The lowest BCUT2D eigenvalue weighted by Gasteiger charge is -2.34. The molecule has 3 heteroatoms. The molecule has 0 heterocycles. The van der Waals surface area contributed by atoms with Crippen molar-refractivity contribution in [3.05, 3.63) is 48.6 Å². The van der Waals surface area contributed by atoms with Crippen LogP contribution in [0.1, 0.15) is 181 Å². The Morgan fingerprint density at radius 2 is 0.857 bits per heavy atom. The van der Waals surface area contributed by atoms with E-state index < -0.39 is 5.54 Å². The highest BCUT2D eigenvalue weighted by molar-refractivity contribution is 4.99. The third-order valence-corrected chi connectivity index (χ3v) is 8.62. The van der Waals surface area contributed by atoms with E-state index in [1.54, 1.807) is 0 Å². The summed E-state index contributed by atoms with van der Waals surface area (Å²) in [5.41, 5.74) is 12.4. The van der Waals surface area contributed by atoms with Gasteiger partial charge in [-0.05, 0) is 57.8 Å². The van der Waals surface area contributed by atoms with Gasteiger partial charge in [-0.1, -0.05) is 172 Å². The second-order valence-electron chi connectivity index (χ2n) is 12.7. The maximum Gasteiger partial charge on any atom is 0.0626 e. The molecule has 0 rings (SSSR count). The minimum absolute atomic E-state index is 0.0168. The first-order valence-electron chi connectivity index (χ1n) is 18.4. The summed E-state index contributed by atoms with van der Waals surface area (Å²) >= 11 is 0. The van der Waals surface area contributed by atoms with Gasteiger partial charge in [0.1, 0.15) is 0 Å². The smallest absolute Gasteiger partial charge is 0.0626 e. The van der Waals surface area contributed by atoms with E-state index in [9.17, 15) is 5.11 Å². The maximum absolute atomic E-state index is 9.98. The first-order valence-corrected chi connectivity index (χ1v) is 18.4. The highest BCUT2D eigenvalue weighted by Crippen LogP contribution is 2.20. The molecule has 0 amide bonds. The Kier molecular flexibility index (Phi) is 31.8. The normalized spacial score (nSPS) is 14.7. The molecule has 3 nitrogen and oxygen atoms in total. The van der Waals surface area contributed by atoms with Crippen molar-refractivity contribution in [1.82, 2.24) is 0 Å². The molecule has 0 bridgehead atoms.